The molecule has 4 rings (SSSR count). The number of benzene rings is 1. The smallest absolute Gasteiger partial charge is 0.276 e. The summed E-state index contributed by atoms with van der Waals surface area (Å²) in [6, 6.07) is 5.47. The van der Waals surface area contributed by atoms with E-state index in [0.29, 0.717) is 34.0 Å². The van der Waals surface area contributed by atoms with Crippen LogP contribution in [-0.2, 0) is 13.1 Å². The molecular weight excluding hydrogens is 347 g/mol. The van der Waals surface area contributed by atoms with E-state index in [-0.39, 0.29) is 5.56 Å². The standard InChI is InChI=1S/C18H20Cl2N2O2/c19-14-7-6-13(10-15(14)24-11-12-4-3-5-12)16-17(20)21-8-1-2-9-22(21)18(16)23/h6-7,10,12H,1-5,8-9,11H2. The van der Waals surface area contributed by atoms with E-state index in [2.05, 4.69) is 0 Å². The summed E-state index contributed by atoms with van der Waals surface area (Å²) in [6.45, 7) is 2.19. The van der Waals surface area contributed by atoms with Crippen LogP contribution in [0.25, 0.3) is 11.1 Å². The first kappa shape index (κ1) is 16.1. The molecule has 0 amide bonds. The van der Waals surface area contributed by atoms with E-state index in [1.54, 1.807) is 10.7 Å². The van der Waals surface area contributed by atoms with Crippen molar-refractivity contribution in [3.05, 3.63) is 38.7 Å². The highest BCUT2D eigenvalue weighted by atomic mass is 35.5. The number of halogens is 2. The molecule has 1 aliphatic heterocycles. The predicted molar refractivity (Wildman–Crippen MR) is 96.2 cm³/mol. The van der Waals surface area contributed by atoms with E-state index in [1.165, 1.54) is 19.3 Å². The second-order valence-corrected chi connectivity index (χ2v) is 7.44. The zero-order valence-electron chi connectivity index (χ0n) is 13.4. The van der Waals surface area contributed by atoms with Gasteiger partial charge in [-0.15, -0.1) is 0 Å². The molecule has 0 unspecified atom stereocenters. The Morgan fingerprint density at radius 3 is 2.50 bits per heavy atom. The van der Waals surface area contributed by atoms with Crippen molar-refractivity contribution in [3.8, 4) is 16.9 Å². The summed E-state index contributed by atoms with van der Waals surface area (Å²) in [5.74, 6) is 1.26. The van der Waals surface area contributed by atoms with Crippen molar-refractivity contribution in [1.29, 1.82) is 0 Å². The molecule has 1 saturated carbocycles. The van der Waals surface area contributed by atoms with Gasteiger partial charge in [-0.3, -0.25) is 9.48 Å². The Hall–Kier alpha value is -1.39. The van der Waals surface area contributed by atoms with E-state index in [4.69, 9.17) is 27.9 Å². The monoisotopic (exact) mass is 366 g/mol. The SMILES string of the molecule is O=c1c(-c2ccc(Cl)c(OCC3CCC3)c2)c(Cl)n2n1CCCC2. The maximum atomic E-state index is 12.7. The van der Waals surface area contributed by atoms with Crippen molar-refractivity contribution in [2.45, 2.75) is 45.2 Å². The van der Waals surface area contributed by atoms with Gasteiger partial charge >= 0.3 is 0 Å². The molecule has 0 saturated heterocycles. The molecule has 1 aromatic heterocycles. The van der Waals surface area contributed by atoms with Gasteiger partial charge in [0.2, 0.25) is 0 Å². The van der Waals surface area contributed by atoms with Crippen LogP contribution in [0.15, 0.2) is 23.0 Å². The van der Waals surface area contributed by atoms with Crippen LogP contribution in [0.5, 0.6) is 5.75 Å². The van der Waals surface area contributed by atoms with E-state index in [0.717, 1.165) is 31.5 Å². The van der Waals surface area contributed by atoms with Crippen molar-refractivity contribution < 1.29 is 4.74 Å². The van der Waals surface area contributed by atoms with Gasteiger partial charge in [-0.1, -0.05) is 35.7 Å². The van der Waals surface area contributed by atoms with Crippen LogP contribution in [-0.4, -0.2) is 16.0 Å². The lowest BCUT2D eigenvalue weighted by atomic mass is 9.86. The summed E-state index contributed by atoms with van der Waals surface area (Å²) in [5, 5.41) is 1.07. The van der Waals surface area contributed by atoms with Gasteiger partial charge in [0.15, 0.2) is 0 Å². The second-order valence-electron chi connectivity index (χ2n) is 6.68. The van der Waals surface area contributed by atoms with Crippen LogP contribution in [0, 0.1) is 5.92 Å². The average Bonchev–Trinajstić information content (AvgIpc) is 2.80. The molecule has 2 heterocycles. The lowest BCUT2D eigenvalue weighted by molar-refractivity contribution is 0.181. The molecule has 0 N–H and O–H groups in total. The predicted octanol–water partition coefficient (Wildman–Crippen LogP) is 4.60. The maximum Gasteiger partial charge on any atom is 0.276 e. The third-order valence-electron chi connectivity index (χ3n) is 5.08. The molecule has 0 bridgehead atoms. The molecule has 4 nitrogen and oxygen atoms in total. The number of ether oxygens (including phenoxy) is 1. The molecule has 0 radical (unpaired) electrons. The Kier molecular flexibility index (Phi) is 4.35. The average molecular weight is 367 g/mol. The number of fused-ring (bicyclic) bond motifs is 1. The minimum Gasteiger partial charge on any atom is -0.492 e. The lowest BCUT2D eigenvalue weighted by Gasteiger charge is -2.25. The molecule has 2 aromatic rings. The summed E-state index contributed by atoms with van der Waals surface area (Å²) >= 11 is 12.8. The third-order valence-corrected chi connectivity index (χ3v) is 5.78. The molecule has 128 valence electrons. The molecule has 1 fully saturated rings. The Balaban J connectivity index is 1.69. The molecule has 0 atom stereocenters. The minimum absolute atomic E-state index is 0.0352. The summed E-state index contributed by atoms with van der Waals surface area (Å²) in [6.07, 6.45) is 5.78. The highest BCUT2D eigenvalue weighted by Gasteiger charge is 2.23. The van der Waals surface area contributed by atoms with Crippen molar-refractivity contribution in [2.75, 3.05) is 6.61 Å². The van der Waals surface area contributed by atoms with Crippen LogP contribution in [0.1, 0.15) is 32.1 Å². The highest BCUT2D eigenvalue weighted by Crippen LogP contribution is 2.35. The Morgan fingerprint density at radius 2 is 1.83 bits per heavy atom. The molecule has 1 aliphatic carbocycles. The molecule has 2 aliphatic rings. The summed E-state index contributed by atoms with van der Waals surface area (Å²) in [5.41, 5.74) is 1.28. The van der Waals surface area contributed by atoms with Crippen molar-refractivity contribution >= 4 is 23.2 Å². The fourth-order valence-corrected chi connectivity index (χ4v) is 3.94. The summed E-state index contributed by atoms with van der Waals surface area (Å²) in [7, 11) is 0. The van der Waals surface area contributed by atoms with E-state index in [1.807, 2.05) is 16.8 Å². The quantitative estimate of drug-likeness (QED) is 0.792. The third kappa shape index (κ3) is 2.76. The van der Waals surface area contributed by atoms with Crippen LogP contribution in [0.4, 0.5) is 0 Å². The Morgan fingerprint density at radius 1 is 1.08 bits per heavy atom. The van der Waals surface area contributed by atoms with Gasteiger partial charge in [-0.2, -0.15) is 0 Å². The van der Waals surface area contributed by atoms with E-state index < -0.39 is 0 Å². The van der Waals surface area contributed by atoms with Gasteiger partial charge < -0.3 is 4.74 Å². The molecule has 1 aromatic carbocycles. The van der Waals surface area contributed by atoms with Gasteiger partial charge in [0, 0.05) is 13.1 Å². The fourth-order valence-electron chi connectivity index (χ4n) is 3.41. The van der Waals surface area contributed by atoms with Crippen molar-refractivity contribution in [3.63, 3.8) is 0 Å². The largest absolute Gasteiger partial charge is 0.492 e. The first-order valence-electron chi connectivity index (χ1n) is 8.57. The number of nitrogens with zero attached hydrogens (tertiary/aromatic N) is 2. The van der Waals surface area contributed by atoms with Crippen LogP contribution < -0.4 is 10.3 Å². The Bertz CT molecular complexity index is 821. The number of hydrogen-bond acceptors (Lipinski definition) is 2. The fraction of sp³-hybridized carbons (Fsp3) is 0.500. The Labute approximate surface area is 150 Å². The summed E-state index contributed by atoms with van der Waals surface area (Å²) in [4.78, 5) is 12.7. The number of rotatable bonds is 4. The van der Waals surface area contributed by atoms with Gasteiger partial charge in [0.05, 0.1) is 17.2 Å². The molecular formula is C18H20Cl2N2O2. The zero-order chi connectivity index (χ0) is 16.7. The van der Waals surface area contributed by atoms with Gasteiger partial charge in [0.25, 0.3) is 5.56 Å². The van der Waals surface area contributed by atoms with Gasteiger partial charge in [-0.05, 0) is 49.3 Å². The number of hydrogen-bond donors (Lipinski definition) is 0. The van der Waals surface area contributed by atoms with Gasteiger partial charge in [0.1, 0.15) is 10.9 Å². The van der Waals surface area contributed by atoms with Crippen molar-refractivity contribution in [1.82, 2.24) is 9.36 Å². The molecule has 0 spiro atoms. The maximum absolute atomic E-state index is 12.7. The van der Waals surface area contributed by atoms with Crippen molar-refractivity contribution in [2.24, 2.45) is 5.92 Å². The van der Waals surface area contributed by atoms with Crippen LogP contribution in [0.3, 0.4) is 0 Å². The zero-order valence-corrected chi connectivity index (χ0v) is 14.9. The lowest BCUT2D eigenvalue weighted by Crippen LogP contribution is -2.27. The summed E-state index contributed by atoms with van der Waals surface area (Å²) < 4.78 is 9.52. The van der Waals surface area contributed by atoms with Gasteiger partial charge in [-0.25, -0.2) is 4.68 Å². The van der Waals surface area contributed by atoms with E-state index >= 15 is 0 Å². The molecule has 24 heavy (non-hydrogen) atoms. The molecule has 6 heteroatoms. The van der Waals surface area contributed by atoms with Crippen LogP contribution in [0.2, 0.25) is 10.2 Å². The normalized spacial score (nSPS) is 17.4. The van der Waals surface area contributed by atoms with E-state index in [9.17, 15) is 4.79 Å². The topological polar surface area (TPSA) is 36.2 Å². The first-order chi connectivity index (χ1) is 11.6. The second kappa shape index (κ2) is 6.49. The number of aromatic nitrogens is 2. The highest BCUT2D eigenvalue weighted by molar-refractivity contribution is 6.33. The minimum atomic E-state index is -0.0352. The first-order valence-corrected chi connectivity index (χ1v) is 9.32. The van der Waals surface area contributed by atoms with Crippen LogP contribution >= 0.6 is 23.2 Å².